The summed E-state index contributed by atoms with van der Waals surface area (Å²) in [5.74, 6) is 0.873. The first-order valence-corrected chi connectivity index (χ1v) is 10.8. The third kappa shape index (κ3) is 3.82. The van der Waals surface area contributed by atoms with Gasteiger partial charge in [-0.15, -0.1) is 11.3 Å². The molecular weight excluding hydrogens is 324 g/mol. The van der Waals surface area contributed by atoms with E-state index in [0.717, 1.165) is 23.6 Å². The molecule has 7 heteroatoms. The van der Waals surface area contributed by atoms with Crippen LogP contribution in [0.15, 0.2) is 16.3 Å². The molecule has 1 fully saturated rings. The van der Waals surface area contributed by atoms with Gasteiger partial charge >= 0.3 is 0 Å². The lowest BCUT2D eigenvalue weighted by Gasteiger charge is -2.36. The number of nitrogens with zero attached hydrogens (tertiary/aromatic N) is 1. The van der Waals surface area contributed by atoms with Gasteiger partial charge in [0.1, 0.15) is 0 Å². The van der Waals surface area contributed by atoms with E-state index >= 15 is 0 Å². The molecule has 4 nitrogen and oxygen atoms in total. The van der Waals surface area contributed by atoms with Crippen molar-refractivity contribution in [1.29, 1.82) is 0 Å². The Balaban J connectivity index is 2.21. The van der Waals surface area contributed by atoms with E-state index in [1.165, 1.54) is 11.3 Å². The van der Waals surface area contributed by atoms with Gasteiger partial charge in [-0.25, -0.2) is 8.42 Å². The zero-order valence-corrected chi connectivity index (χ0v) is 15.3. The van der Waals surface area contributed by atoms with Crippen molar-refractivity contribution < 1.29 is 8.42 Å². The summed E-state index contributed by atoms with van der Waals surface area (Å²) in [5.41, 5.74) is 0. The molecule has 0 amide bonds. The van der Waals surface area contributed by atoms with E-state index in [9.17, 15) is 8.42 Å². The molecule has 21 heavy (non-hydrogen) atoms. The molecule has 1 aliphatic heterocycles. The second-order valence-electron chi connectivity index (χ2n) is 5.32. The molecule has 0 saturated carbocycles. The number of thioether (sulfide) groups is 1. The molecule has 0 bridgehead atoms. The summed E-state index contributed by atoms with van der Waals surface area (Å²) in [6.07, 6.45) is 1.05. The average molecular weight is 349 g/mol. The summed E-state index contributed by atoms with van der Waals surface area (Å²) in [5, 5.41) is 5.52. The summed E-state index contributed by atoms with van der Waals surface area (Å²) in [7, 11) is -3.38. The molecule has 1 aromatic heterocycles. The monoisotopic (exact) mass is 348 g/mol. The summed E-state index contributed by atoms with van der Waals surface area (Å²) < 4.78 is 27.6. The lowest BCUT2D eigenvalue weighted by molar-refractivity contribution is 0.340. The Bertz CT molecular complexity index is 556. The van der Waals surface area contributed by atoms with E-state index in [2.05, 4.69) is 19.2 Å². The van der Waals surface area contributed by atoms with Crippen LogP contribution in [0, 0.1) is 0 Å². The molecule has 1 N–H and O–H groups in total. The van der Waals surface area contributed by atoms with Crippen LogP contribution in [0.1, 0.15) is 32.1 Å². The van der Waals surface area contributed by atoms with Crippen LogP contribution >= 0.6 is 23.1 Å². The largest absolute Gasteiger partial charge is 0.312 e. The third-order valence-electron chi connectivity index (χ3n) is 3.83. The van der Waals surface area contributed by atoms with Crippen molar-refractivity contribution in [3.8, 4) is 0 Å². The molecule has 0 spiro atoms. The van der Waals surface area contributed by atoms with Gasteiger partial charge in [0.25, 0.3) is 0 Å². The third-order valence-corrected chi connectivity index (χ3v) is 8.29. The maximum atomic E-state index is 13.0. The lowest BCUT2D eigenvalue weighted by Crippen LogP contribution is -2.47. The van der Waals surface area contributed by atoms with Crippen LogP contribution in [0.3, 0.4) is 0 Å². The van der Waals surface area contributed by atoms with E-state index in [4.69, 9.17) is 0 Å². The van der Waals surface area contributed by atoms with Crippen LogP contribution in [0.2, 0.25) is 0 Å². The molecule has 2 unspecified atom stereocenters. The zero-order valence-electron chi connectivity index (χ0n) is 12.8. The number of rotatable bonds is 6. The number of hydrogen-bond donors (Lipinski definition) is 1. The lowest BCUT2D eigenvalue weighted by atomic mass is 10.2. The molecule has 2 rings (SSSR count). The van der Waals surface area contributed by atoms with Crippen molar-refractivity contribution in [3.05, 3.63) is 16.3 Å². The Morgan fingerprint density at radius 3 is 2.90 bits per heavy atom. The van der Waals surface area contributed by atoms with Crippen molar-refractivity contribution in [2.24, 2.45) is 0 Å². The minimum Gasteiger partial charge on any atom is -0.312 e. The van der Waals surface area contributed by atoms with E-state index < -0.39 is 10.0 Å². The molecule has 1 saturated heterocycles. The first-order valence-electron chi connectivity index (χ1n) is 7.39. The van der Waals surface area contributed by atoms with Crippen molar-refractivity contribution in [1.82, 2.24) is 9.62 Å². The SMILES string of the molecule is CCCNCc1sccc1S(=O)(=O)N1CCSC(C)C1C. The molecule has 0 radical (unpaired) electrons. The van der Waals surface area contributed by atoms with E-state index in [0.29, 0.717) is 23.2 Å². The second kappa shape index (κ2) is 7.46. The summed E-state index contributed by atoms with van der Waals surface area (Å²) in [6, 6.07) is 1.80. The van der Waals surface area contributed by atoms with Crippen molar-refractivity contribution in [2.45, 2.75) is 49.9 Å². The van der Waals surface area contributed by atoms with Gasteiger partial charge < -0.3 is 5.32 Å². The van der Waals surface area contributed by atoms with Crippen LogP contribution in [-0.4, -0.2) is 42.9 Å². The summed E-state index contributed by atoms with van der Waals surface area (Å²) in [6.45, 7) is 8.37. The van der Waals surface area contributed by atoms with Gasteiger partial charge in [-0.1, -0.05) is 13.8 Å². The second-order valence-corrected chi connectivity index (χ2v) is 9.66. The van der Waals surface area contributed by atoms with Crippen molar-refractivity contribution in [3.63, 3.8) is 0 Å². The van der Waals surface area contributed by atoms with E-state index in [1.807, 2.05) is 24.1 Å². The van der Waals surface area contributed by atoms with Gasteiger partial charge in [-0.05, 0) is 31.3 Å². The fraction of sp³-hybridized carbons (Fsp3) is 0.714. The van der Waals surface area contributed by atoms with Gasteiger partial charge in [0.15, 0.2) is 0 Å². The molecule has 0 aliphatic carbocycles. The number of hydrogen-bond acceptors (Lipinski definition) is 5. The summed E-state index contributed by atoms with van der Waals surface area (Å²) >= 11 is 3.37. The van der Waals surface area contributed by atoms with E-state index in [1.54, 1.807) is 10.4 Å². The molecule has 1 aliphatic rings. The van der Waals surface area contributed by atoms with Crippen LogP contribution < -0.4 is 5.32 Å². The molecule has 120 valence electrons. The Labute approximate surface area is 136 Å². The van der Waals surface area contributed by atoms with Gasteiger partial charge in [0.2, 0.25) is 10.0 Å². The van der Waals surface area contributed by atoms with Gasteiger partial charge in [0.05, 0.1) is 4.90 Å². The highest BCUT2D eigenvalue weighted by Gasteiger charge is 2.36. The predicted octanol–water partition coefficient (Wildman–Crippen LogP) is 2.76. The van der Waals surface area contributed by atoms with Crippen LogP contribution in [-0.2, 0) is 16.6 Å². The fourth-order valence-electron chi connectivity index (χ4n) is 2.44. The Morgan fingerprint density at radius 1 is 1.43 bits per heavy atom. The highest BCUT2D eigenvalue weighted by atomic mass is 32.2. The minimum atomic E-state index is -3.38. The molecule has 2 atom stereocenters. The van der Waals surface area contributed by atoms with Crippen LogP contribution in [0.4, 0.5) is 0 Å². The van der Waals surface area contributed by atoms with Gasteiger partial charge in [-0.2, -0.15) is 16.1 Å². The first-order chi connectivity index (χ1) is 9.98. The van der Waals surface area contributed by atoms with Gasteiger partial charge in [-0.3, -0.25) is 0 Å². The van der Waals surface area contributed by atoms with Crippen LogP contribution in [0.5, 0.6) is 0 Å². The first kappa shape index (κ1) is 17.3. The Morgan fingerprint density at radius 2 is 2.19 bits per heavy atom. The standard InChI is InChI=1S/C14H24N2O2S3/c1-4-6-15-10-13-14(5-8-20-13)21(17,18)16-7-9-19-12(3)11(16)2/h5,8,11-12,15H,4,6-7,9-10H2,1-3H3. The molecule has 2 heterocycles. The number of nitrogens with one attached hydrogen (secondary N) is 1. The Hall–Kier alpha value is -0.0800. The number of sulfonamides is 1. The molecule has 1 aromatic rings. The number of thiophene rings is 1. The Kier molecular flexibility index (Phi) is 6.14. The topological polar surface area (TPSA) is 49.4 Å². The summed E-state index contributed by atoms with van der Waals surface area (Å²) in [4.78, 5) is 1.41. The normalized spacial score (nSPS) is 24.3. The minimum absolute atomic E-state index is 0.0464. The quantitative estimate of drug-likeness (QED) is 0.803. The average Bonchev–Trinajstić information content (AvgIpc) is 2.91. The smallest absolute Gasteiger partial charge is 0.244 e. The highest BCUT2D eigenvalue weighted by Crippen LogP contribution is 2.32. The fourth-order valence-corrected chi connectivity index (χ4v) is 6.82. The maximum Gasteiger partial charge on any atom is 0.244 e. The van der Waals surface area contributed by atoms with Crippen LogP contribution in [0.25, 0.3) is 0 Å². The van der Waals surface area contributed by atoms with E-state index in [-0.39, 0.29) is 6.04 Å². The molecule has 0 aromatic carbocycles. The predicted molar refractivity (Wildman–Crippen MR) is 91.6 cm³/mol. The molecular formula is C14H24N2O2S3. The van der Waals surface area contributed by atoms with Crippen molar-refractivity contribution >= 4 is 33.1 Å². The van der Waals surface area contributed by atoms with Gasteiger partial charge in [0, 0.05) is 35.0 Å². The maximum absolute atomic E-state index is 13.0. The zero-order chi connectivity index (χ0) is 15.5. The van der Waals surface area contributed by atoms with Crippen molar-refractivity contribution in [2.75, 3.05) is 18.8 Å². The highest BCUT2D eigenvalue weighted by molar-refractivity contribution is 8.00.